The molecule has 0 bridgehead atoms. The third kappa shape index (κ3) is 9.59. The van der Waals surface area contributed by atoms with Crippen molar-refractivity contribution in [2.24, 2.45) is 11.3 Å². The van der Waals surface area contributed by atoms with Gasteiger partial charge in [0.05, 0.1) is 1.37 Å². The molecule has 6 nitrogen and oxygen atoms in total. The summed E-state index contributed by atoms with van der Waals surface area (Å²) in [6, 6.07) is 46.4. The monoisotopic (exact) mass is 1250 g/mol. The molecule has 2 aliphatic rings. The van der Waals surface area contributed by atoms with Crippen molar-refractivity contribution in [2.75, 3.05) is 9.62 Å². The van der Waals surface area contributed by atoms with E-state index in [4.69, 9.17) is 17.9 Å². The van der Waals surface area contributed by atoms with Gasteiger partial charge in [0.2, 0.25) is 0 Å². The molecule has 0 saturated heterocycles. The van der Waals surface area contributed by atoms with Crippen LogP contribution in [0, 0.1) is 15.1 Å². The fourth-order valence-corrected chi connectivity index (χ4v) is 12.5. The number of imidazole rings is 1. The van der Waals surface area contributed by atoms with E-state index < -0.39 is 91.5 Å². The summed E-state index contributed by atoms with van der Waals surface area (Å²) in [4.78, 5) is 9.67. The molecule has 0 spiro atoms. The molecule has 81 heavy (non-hydrogen) atoms. The molecule has 0 saturated carbocycles. The van der Waals surface area contributed by atoms with Crippen molar-refractivity contribution in [3.05, 3.63) is 245 Å². The van der Waals surface area contributed by atoms with Crippen LogP contribution in [0.3, 0.4) is 0 Å². The van der Waals surface area contributed by atoms with Crippen molar-refractivity contribution in [3.63, 3.8) is 0 Å². The minimum atomic E-state index is -2.25. The van der Waals surface area contributed by atoms with Crippen LogP contribution in [0.2, 0.25) is 0 Å². The Labute approximate surface area is 508 Å². The molecule has 0 N–H and O–H groups in total. The van der Waals surface area contributed by atoms with Crippen molar-refractivity contribution in [1.82, 2.24) is 14.1 Å². The molecule has 2 aromatic heterocycles. The Balaban J connectivity index is 1.08. The molecule has 402 valence electrons. The van der Waals surface area contributed by atoms with Crippen LogP contribution in [0.25, 0.3) is 66.9 Å². The number of rotatable bonds is 11. The number of aromatic nitrogens is 3. The first-order valence-corrected chi connectivity index (χ1v) is 28.3. The second kappa shape index (κ2) is 20.7. The second-order valence-electron chi connectivity index (χ2n) is 22.8. The van der Waals surface area contributed by atoms with Gasteiger partial charge in [0.1, 0.15) is 0 Å². The van der Waals surface area contributed by atoms with Gasteiger partial charge in [0.25, 0.3) is 0 Å². The summed E-state index contributed by atoms with van der Waals surface area (Å²) in [6.07, 6.45) is -4.28. The predicted octanol–water partition coefficient (Wildman–Crippen LogP) is 18.4. The van der Waals surface area contributed by atoms with E-state index in [1.807, 2.05) is 123 Å². The van der Waals surface area contributed by atoms with Crippen LogP contribution < -0.4 is 19.8 Å². The number of fused-ring (bicyclic) bond motifs is 9. The number of hydrogen-bond acceptors (Lipinski definition) is 4. The van der Waals surface area contributed by atoms with E-state index in [-0.39, 0.29) is 56.2 Å². The number of benzene rings is 9. The average molecular weight is 1250 g/mol. The van der Waals surface area contributed by atoms with Crippen LogP contribution >= 0.6 is 0 Å². The fourth-order valence-electron chi connectivity index (χ4n) is 11.4. The molecule has 0 fully saturated rings. The molecule has 0 aliphatic carbocycles. The van der Waals surface area contributed by atoms with Crippen LogP contribution in [-0.2, 0) is 37.5 Å². The van der Waals surface area contributed by atoms with Gasteiger partial charge < -0.3 is 0 Å². The summed E-state index contributed by atoms with van der Waals surface area (Å²) in [5, 5.41) is 0. The van der Waals surface area contributed by atoms with Crippen LogP contribution in [0.4, 0.5) is 22.9 Å². The SMILES string of the molecule is [2H]c1c([2H])c([2H])c(-c2cc(C([2H])([2H])C(C)(C)C)cc(-c3ccc(C(C)(C)C)cc3)c2-n2[c](=[Pt])n(-c3cccc(Oc4nc(N5B6c7ccccc7-c7ccccc7N6c6ccccc65)cc(C([2H])([2H])C(C)C)c4-c4c([2H])c([2H])c([2H])c([2H])c4[2H])c3)c3ccccc32)c([2H])c1[2H]. The molecular weight excluding hydrogens is 1170 g/mol. The number of hydrogen-bond donors (Lipinski definition) is 0. The van der Waals surface area contributed by atoms with E-state index >= 15 is 0 Å². The molecule has 9 aromatic carbocycles. The number of pyridine rings is 1. The number of nitrogens with zero attached hydrogens (tertiary/aromatic N) is 5. The Kier molecular flexibility index (Phi) is 9.81. The quantitative estimate of drug-likeness (QED) is 0.121. The average Bonchev–Trinajstić information content (AvgIpc) is 1.64. The fraction of sp³-hybridized carbons (Fsp3) is 0.178. The molecule has 0 radical (unpaired) electrons. The van der Waals surface area contributed by atoms with Crippen LogP contribution in [-0.4, -0.2) is 21.1 Å². The maximum absolute atomic E-state index is 10.0. The van der Waals surface area contributed by atoms with Crippen molar-refractivity contribution < 1.29 is 43.3 Å². The third-order valence-corrected chi connectivity index (χ3v) is 15.7. The first kappa shape index (κ1) is 38.4. The van der Waals surface area contributed by atoms with Crippen molar-refractivity contribution in [3.8, 4) is 67.5 Å². The zero-order valence-corrected chi connectivity index (χ0v) is 48.5. The summed E-state index contributed by atoms with van der Waals surface area (Å²) in [7, 11) is 0. The zero-order valence-electron chi connectivity index (χ0n) is 60.2. The molecule has 2 aliphatic heterocycles. The van der Waals surface area contributed by atoms with Gasteiger partial charge in [-0.25, -0.2) is 0 Å². The van der Waals surface area contributed by atoms with Gasteiger partial charge in [-0.1, -0.05) is 54.6 Å². The van der Waals surface area contributed by atoms with E-state index in [0.29, 0.717) is 37.3 Å². The summed E-state index contributed by atoms with van der Waals surface area (Å²) in [5.41, 5.74) is 8.64. The van der Waals surface area contributed by atoms with E-state index in [2.05, 4.69) is 69.2 Å². The molecule has 0 atom stereocenters. The van der Waals surface area contributed by atoms with Gasteiger partial charge >= 0.3 is 426 Å². The molecule has 0 amide bonds. The van der Waals surface area contributed by atoms with Gasteiger partial charge in [0.15, 0.2) is 0 Å². The zero-order chi connectivity index (χ0) is 68.0. The van der Waals surface area contributed by atoms with E-state index in [1.54, 1.807) is 65.0 Å². The Bertz CT molecular complexity index is 5020. The van der Waals surface area contributed by atoms with Gasteiger partial charge in [-0.05, 0) is 17.7 Å². The maximum atomic E-state index is 10.0. The molecule has 11 aromatic rings. The van der Waals surface area contributed by atoms with Crippen LogP contribution in [0.15, 0.2) is 224 Å². The Hall–Kier alpha value is -8.25. The molecular formula is C73H66BN5OPt. The van der Waals surface area contributed by atoms with Crippen molar-refractivity contribution in [2.45, 2.75) is 73.6 Å². The summed E-state index contributed by atoms with van der Waals surface area (Å²) >= 11 is 2.22. The first-order chi connectivity index (χ1) is 44.9. The minimum absolute atomic E-state index is 0.0185. The Morgan fingerprint density at radius 2 is 1.17 bits per heavy atom. The van der Waals surface area contributed by atoms with Crippen molar-refractivity contribution >= 4 is 46.4 Å². The van der Waals surface area contributed by atoms with Gasteiger partial charge in [-0.15, -0.1) is 0 Å². The van der Waals surface area contributed by atoms with E-state index in [9.17, 15) is 11.0 Å². The van der Waals surface area contributed by atoms with Crippen molar-refractivity contribution in [1.29, 1.82) is 0 Å². The molecule has 8 heteroatoms. The number of anilines is 4. The summed E-state index contributed by atoms with van der Waals surface area (Å²) < 4.78 is 143. The van der Waals surface area contributed by atoms with Crippen LogP contribution in [0.5, 0.6) is 11.6 Å². The van der Waals surface area contributed by atoms with Gasteiger partial charge in [0, 0.05) is 11.3 Å². The van der Waals surface area contributed by atoms with E-state index in [1.165, 1.54) is 0 Å². The molecule has 0 unspecified atom stereocenters. The molecule has 4 heterocycles. The van der Waals surface area contributed by atoms with Crippen LogP contribution in [0.1, 0.15) is 91.3 Å². The van der Waals surface area contributed by atoms with Gasteiger partial charge in [-0.3, -0.25) is 0 Å². The summed E-state index contributed by atoms with van der Waals surface area (Å²) in [5.74, 6) is -0.543. The predicted molar refractivity (Wildman–Crippen MR) is 335 cm³/mol. The topological polar surface area (TPSA) is 38.5 Å². The van der Waals surface area contributed by atoms with E-state index in [0.717, 1.165) is 39.2 Å². The Morgan fingerprint density at radius 3 is 1.84 bits per heavy atom. The normalized spacial score (nSPS) is 15.7. The summed E-state index contributed by atoms with van der Waals surface area (Å²) in [6.45, 7) is 14.6. The number of ether oxygens (including phenoxy) is 1. The standard InChI is InChI=1S/C73H66BN5O.Pt/c1-49(2)42-54-45-68(79-67-37-22-21-36-66(67)78-63-33-18-16-31-59(63)58-30-15-17-32-62(58)74(78)79)75-71(69(54)53-26-13-10-14-27-53)80-57-29-23-28-56(46-57)76-48-77(65-35-20-19-34-64(65)76)70-60(51-24-11-9-12-25-51)43-50(47-72(3,4)5)44-61(70)52-38-40-55(41-39-52)73(6,7)8;/h9-41,43-46,49H,42,47H2,1-8H3;/i9D,10D,11D,12D,13D,14D,24D,25D,26D,27D,42D2,47D2;. The second-order valence-corrected chi connectivity index (χ2v) is 23.9. The Morgan fingerprint density at radius 1 is 0.580 bits per heavy atom. The number of para-hydroxylation sites is 5. The first-order valence-electron chi connectivity index (χ1n) is 34.2. The van der Waals surface area contributed by atoms with Gasteiger partial charge in [-0.2, -0.15) is 0 Å². The molecule has 13 rings (SSSR count). The third-order valence-electron chi connectivity index (χ3n) is 14.7.